The van der Waals surface area contributed by atoms with Gasteiger partial charge >= 0.3 is 0 Å². The summed E-state index contributed by atoms with van der Waals surface area (Å²) < 4.78 is 5.05. The van der Waals surface area contributed by atoms with Gasteiger partial charge in [-0.15, -0.1) is 0 Å². The van der Waals surface area contributed by atoms with E-state index in [9.17, 15) is 0 Å². The molecule has 1 aromatic rings. The average molecular weight is 210 g/mol. The van der Waals surface area contributed by atoms with Crippen LogP contribution in [0, 0.1) is 0 Å². The second-order valence-electron chi connectivity index (χ2n) is 3.08. The predicted octanol–water partition coefficient (Wildman–Crippen LogP) is 0.991. The van der Waals surface area contributed by atoms with Crippen molar-refractivity contribution < 1.29 is 4.74 Å². The minimum atomic E-state index is 0.701. The molecule has 0 aliphatic heterocycles. The number of hydrogen-bond acceptors (Lipinski definition) is 5. The number of ether oxygens (including phenoxy) is 1. The highest BCUT2D eigenvalue weighted by Gasteiger charge is 2.05. The first-order valence-electron chi connectivity index (χ1n) is 5.05. The van der Waals surface area contributed by atoms with E-state index in [1.54, 1.807) is 13.4 Å². The molecule has 0 saturated heterocycles. The van der Waals surface area contributed by atoms with E-state index in [-0.39, 0.29) is 0 Å². The molecule has 0 saturated carbocycles. The van der Waals surface area contributed by atoms with Crippen LogP contribution in [0.1, 0.15) is 6.92 Å². The van der Waals surface area contributed by atoms with Crippen molar-refractivity contribution in [2.24, 2.45) is 0 Å². The summed E-state index contributed by atoms with van der Waals surface area (Å²) in [6.45, 7) is 4.54. The van der Waals surface area contributed by atoms with Crippen LogP contribution in [0.4, 0.5) is 11.6 Å². The standard InChI is InChI=1S/C10H18N4O/c1-4-14(5-6-15-3)10-7-9(11-2)12-8-13-10/h7-8H,4-6H2,1-3H3,(H,11,12,13). The molecule has 1 heterocycles. The van der Waals surface area contributed by atoms with Crippen LogP contribution in [0.25, 0.3) is 0 Å². The molecule has 5 heteroatoms. The van der Waals surface area contributed by atoms with E-state index in [1.165, 1.54) is 0 Å². The van der Waals surface area contributed by atoms with Crippen LogP contribution in [0.3, 0.4) is 0 Å². The monoisotopic (exact) mass is 210 g/mol. The lowest BCUT2D eigenvalue weighted by Gasteiger charge is -2.21. The van der Waals surface area contributed by atoms with E-state index in [2.05, 4.69) is 27.1 Å². The molecular formula is C10H18N4O. The normalized spacial score (nSPS) is 10.1. The van der Waals surface area contributed by atoms with Crippen molar-refractivity contribution in [2.75, 3.05) is 44.1 Å². The third kappa shape index (κ3) is 3.36. The molecule has 1 rings (SSSR count). The zero-order chi connectivity index (χ0) is 11.1. The summed E-state index contributed by atoms with van der Waals surface area (Å²) in [7, 11) is 3.55. The second kappa shape index (κ2) is 6.19. The number of hydrogen-bond donors (Lipinski definition) is 1. The molecule has 1 N–H and O–H groups in total. The van der Waals surface area contributed by atoms with E-state index < -0.39 is 0 Å². The molecule has 1 aromatic heterocycles. The largest absolute Gasteiger partial charge is 0.383 e. The SMILES string of the molecule is CCN(CCOC)c1cc(NC)ncn1. The van der Waals surface area contributed by atoms with Crippen LogP contribution >= 0.6 is 0 Å². The van der Waals surface area contributed by atoms with Crippen LogP contribution in [-0.4, -0.2) is 43.8 Å². The molecule has 0 aromatic carbocycles. The van der Waals surface area contributed by atoms with Crippen molar-refractivity contribution in [3.8, 4) is 0 Å². The summed E-state index contributed by atoms with van der Waals surface area (Å²) >= 11 is 0. The summed E-state index contributed by atoms with van der Waals surface area (Å²) in [5.41, 5.74) is 0. The zero-order valence-corrected chi connectivity index (χ0v) is 9.53. The Morgan fingerprint density at radius 3 is 2.87 bits per heavy atom. The minimum Gasteiger partial charge on any atom is -0.383 e. The number of likely N-dealkylation sites (N-methyl/N-ethyl adjacent to an activating group) is 1. The molecule has 0 atom stereocenters. The lowest BCUT2D eigenvalue weighted by Crippen LogP contribution is -2.27. The quantitative estimate of drug-likeness (QED) is 0.759. The minimum absolute atomic E-state index is 0.701. The maximum Gasteiger partial charge on any atom is 0.134 e. The third-order valence-corrected chi connectivity index (χ3v) is 2.18. The Morgan fingerprint density at radius 1 is 1.47 bits per heavy atom. The first kappa shape index (κ1) is 11.7. The Labute approximate surface area is 90.5 Å². The van der Waals surface area contributed by atoms with Gasteiger partial charge < -0.3 is 15.0 Å². The molecule has 15 heavy (non-hydrogen) atoms. The lowest BCUT2D eigenvalue weighted by atomic mass is 10.4. The maximum atomic E-state index is 5.05. The van der Waals surface area contributed by atoms with Gasteiger partial charge in [-0.1, -0.05) is 0 Å². The molecule has 0 aliphatic rings. The summed E-state index contributed by atoms with van der Waals surface area (Å²) in [5, 5.41) is 2.99. The molecule has 0 bridgehead atoms. The Kier molecular flexibility index (Phi) is 4.83. The van der Waals surface area contributed by atoms with Gasteiger partial charge in [-0.2, -0.15) is 0 Å². The summed E-state index contributed by atoms with van der Waals surface area (Å²) in [6, 6.07) is 1.93. The van der Waals surface area contributed by atoms with Gasteiger partial charge in [0.25, 0.3) is 0 Å². The van der Waals surface area contributed by atoms with Gasteiger partial charge in [-0.05, 0) is 6.92 Å². The summed E-state index contributed by atoms with van der Waals surface area (Å²) in [5.74, 6) is 1.75. The summed E-state index contributed by atoms with van der Waals surface area (Å²) in [4.78, 5) is 10.5. The van der Waals surface area contributed by atoms with Crippen molar-refractivity contribution in [3.05, 3.63) is 12.4 Å². The van der Waals surface area contributed by atoms with Gasteiger partial charge in [0.2, 0.25) is 0 Å². The number of anilines is 2. The number of rotatable bonds is 6. The molecule has 0 spiro atoms. The van der Waals surface area contributed by atoms with Gasteiger partial charge in [0.1, 0.15) is 18.0 Å². The van der Waals surface area contributed by atoms with Crippen LogP contribution in [0.15, 0.2) is 12.4 Å². The topological polar surface area (TPSA) is 50.3 Å². The maximum absolute atomic E-state index is 5.05. The number of aromatic nitrogens is 2. The van der Waals surface area contributed by atoms with Gasteiger partial charge in [0.15, 0.2) is 0 Å². The van der Waals surface area contributed by atoms with E-state index >= 15 is 0 Å². The van der Waals surface area contributed by atoms with Crippen molar-refractivity contribution >= 4 is 11.6 Å². The van der Waals surface area contributed by atoms with Crippen molar-refractivity contribution in [2.45, 2.75) is 6.92 Å². The Hall–Kier alpha value is -1.36. The average Bonchev–Trinajstić information content (AvgIpc) is 2.30. The predicted molar refractivity (Wildman–Crippen MR) is 61.3 cm³/mol. The fraction of sp³-hybridized carbons (Fsp3) is 0.600. The summed E-state index contributed by atoms with van der Waals surface area (Å²) in [6.07, 6.45) is 1.57. The number of methoxy groups -OCH3 is 1. The lowest BCUT2D eigenvalue weighted by molar-refractivity contribution is 0.205. The number of nitrogens with one attached hydrogen (secondary N) is 1. The first-order valence-corrected chi connectivity index (χ1v) is 5.05. The molecule has 84 valence electrons. The van der Waals surface area contributed by atoms with Crippen LogP contribution in [0.2, 0.25) is 0 Å². The molecule has 0 radical (unpaired) electrons. The highest BCUT2D eigenvalue weighted by molar-refractivity contribution is 5.47. The van der Waals surface area contributed by atoms with Crippen LogP contribution in [-0.2, 0) is 4.74 Å². The van der Waals surface area contributed by atoms with Crippen molar-refractivity contribution in [1.29, 1.82) is 0 Å². The van der Waals surface area contributed by atoms with Gasteiger partial charge in [0, 0.05) is 33.3 Å². The zero-order valence-electron chi connectivity index (χ0n) is 9.53. The van der Waals surface area contributed by atoms with Crippen LogP contribution in [0.5, 0.6) is 0 Å². The van der Waals surface area contributed by atoms with Crippen molar-refractivity contribution in [3.63, 3.8) is 0 Å². The molecule has 5 nitrogen and oxygen atoms in total. The molecule has 0 aliphatic carbocycles. The fourth-order valence-corrected chi connectivity index (χ4v) is 1.29. The van der Waals surface area contributed by atoms with Crippen molar-refractivity contribution in [1.82, 2.24) is 9.97 Å². The highest BCUT2D eigenvalue weighted by Crippen LogP contribution is 2.12. The highest BCUT2D eigenvalue weighted by atomic mass is 16.5. The smallest absolute Gasteiger partial charge is 0.134 e. The van der Waals surface area contributed by atoms with E-state index in [0.717, 1.165) is 24.7 Å². The van der Waals surface area contributed by atoms with E-state index in [0.29, 0.717) is 6.61 Å². The van der Waals surface area contributed by atoms with Crippen LogP contribution < -0.4 is 10.2 Å². The Morgan fingerprint density at radius 2 is 2.27 bits per heavy atom. The first-order chi connectivity index (χ1) is 7.31. The molecule has 0 amide bonds. The fourth-order valence-electron chi connectivity index (χ4n) is 1.29. The molecular weight excluding hydrogens is 192 g/mol. The van der Waals surface area contributed by atoms with Gasteiger partial charge in [-0.25, -0.2) is 9.97 Å². The van der Waals surface area contributed by atoms with Gasteiger partial charge in [-0.3, -0.25) is 0 Å². The number of nitrogens with zero attached hydrogens (tertiary/aromatic N) is 3. The Bertz CT molecular complexity index is 293. The van der Waals surface area contributed by atoms with E-state index in [4.69, 9.17) is 4.74 Å². The Balaban J connectivity index is 2.72. The second-order valence-corrected chi connectivity index (χ2v) is 3.08. The van der Waals surface area contributed by atoms with E-state index in [1.807, 2.05) is 13.1 Å². The molecule has 0 unspecified atom stereocenters. The molecule has 0 fully saturated rings. The van der Waals surface area contributed by atoms with Gasteiger partial charge in [0.05, 0.1) is 6.61 Å². The third-order valence-electron chi connectivity index (χ3n) is 2.18.